The molecule has 1 atom stereocenters. The van der Waals surface area contributed by atoms with Crippen molar-refractivity contribution in [3.63, 3.8) is 0 Å². The summed E-state index contributed by atoms with van der Waals surface area (Å²) in [6.45, 7) is 4.83. The molecule has 0 aliphatic heterocycles. The lowest BCUT2D eigenvalue weighted by Crippen LogP contribution is -1.98. The van der Waals surface area contributed by atoms with Crippen molar-refractivity contribution in [2.24, 2.45) is 0 Å². The molecule has 2 aromatic rings. The van der Waals surface area contributed by atoms with Gasteiger partial charge in [-0.15, -0.1) is 0 Å². The molecule has 18 heavy (non-hydrogen) atoms. The third-order valence-electron chi connectivity index (χ3n) is 3.20. The topological polar surface area (TPSA) is 38.0 Å². The number of aromatic nitrogens is 2. The summed E-state index contributed by atoms with van der Waals surface area (Å²) in [5, 5.41) is 9.40. The predicted octanol–water partition coefficient (Wildman–Crippen LogP) is 2.88. The van der Waals surface area contributed by atoms with E-state index in [2.05, 4.69) is 36.2 Å². The van der Waals surface area contributed by atoms with Gasteiger partial charge in [0.15, 0.2) is 0 Å². The number of aliphatic hydroxyl groups excluding tert-OH is 1. The summed E-state index contributed by atoms with van der Waals surface area (Å²) in [5.41, 5.74) is 3.51. The van der Waals surface area contributed by atoms with Crippen LogP contribution in [-0.4, -0.2) is 14.7 Å². The molecule has 0 amide bonds. The summed E-state index contributed by atoms with van der Waals surface area (Å²) < 4.78 is 2.04. The monoisotopic (exact) mass is 244 g/mol. The molecule has 0 spiro atoms. The highest BCUT2D eigenvalue weighted by molar-refractivity contribution is 5.25. The summed E-state index contributed by atoms with van der Waals surface area (Å²) in [5.74, 6) is 0. The molecule has 1 aromatic heterocycles. The number of aryl methyl sites for hydroxylation is 3. The average molecular weight is 244 g/mol. The lowest BCUT2D eigenvalue weighted by Gasteiger charge is -2.05. The fourth-order valence-electron chi connectivity index (χ4n) is 2.06. The van der Waals surface area contributed by atoms with Gasteiger partial charge in [0.05, 0.1) is 18.1 Å². The first kappa shape index (κ1) is 12.8. The van der Waals surface area contributed by atoms with Gasteiger partial charge in [0.1, 0.15) is 0 Å². The quantitative estimate of drug-likeness (QED) is 0.878. The van der Waals surface area contributed by atoms with Gasteiger partial charge in [-0.1, -0.05) is 24.3 Å². The van der Waals surface area contributed by atoms with Crippen LogP contribution in [0.4, 0.5) is 0 Å². The Kier molecular flexibility index (Phi) is 4.15. The highest BCUT2D eigenvalue weighted by Gasteiger charge is 2.04. The van der Waals surface area contributed by atoms with E-state index in [0.29, 0.717) is 0 Å². The highest BCUT2D eigenvalue weighted by Crippen LogP contribution is 2.12. The van der Waals surface area contributed by atoms with E-state index in [4.69, 9.17) is 0 Å². The Bertz CT molecular complexity index is 503. The van der Waals surface area contributed by atoms with Crippen LogP contribution in [-0.2, 0) is 13.0 Å². The molecule has 0 fully saturated rings. The van der Waals surface area contributed by atoms with Gasteiger partial charge >= 0.3 is 0 Å². The Morgan fingerprint density at radius 3 is 2.78 bits per heavy atom. The number of aliphatic hydroxyl groups is 1. The molecule has 1 N–H and O–H groups in total. The Hall–Kier alpha value is -1.61. The van der Waals surface area contributed by atoms with Crippen molar-refractivity contribution < 1.29 is 5.11 Å². The molecule has 0 bridgehead atoms. The van der Waals surface area contributed by atoms with E-state index in [1.807, 2.05) is 10.8 Å². The molecule has 0 aliphatic carbocycles. The summed E-state index contributed by atoms with van der Waals surface area (Å²) in [7, 11) is 0. The fourth-order valence-corrected chi connectivity index (χ4v) is 2.06. The third-order valence-corrected chi connectivity index (χ3v) is 3.20. The van der Waals surface area contributed by atoms with Crippen molar-refractivity contribution in [2.45, 2.75) is 39.3 Å². The van der Waals surface area contributed by atoms with E-state index in [1.165, 1.54) is 11.1 Å². The lowest BCUT2D eigenvalue weighted by molar-refractivity contribution is 0.194. The Balaban J connectivity index is 1.87. The van der Waals surface area contributed by atoms with Crippen molar-refractivity contribution in [3.8, 4) is 0 Å². The third kappa shape index (κ3) is 3.20. The maximum Gasteiger partial charge on any atom is 0.0950 e. The minimum absolute atomic E-state index is 0.484. The van der Waals surface area contributed by atoms with Crippen LogP contribution in [0.5, 0.6) is 0 Å². The number of rotatable bonds is 5. The van der Waals surface area contributed by atoms with E-state index in [1.54, 1.807) is 13.3 Å². The molecule has 1 heterocycles. The number of benzene rings is 1. The van der Waals surface area contributed by atoms with E-state index < -0.39 is 6.10 Å². The van der Waals surface area contributed by atoms with Crippen LogP contribution in [0.3, 0.4) is 0 Å². The minimum Gasteiger partial charge on any atom is -0.387 e. The smallest absolute Gasteiger partial charge is 0.0950 e. The van der Waals surface area contributed by atoms with Gasteiger partial charge in [-0.05, 0) is 37.8 Å². The molecule has 2 rings (SSSR count). The van der Waals surface area contributed by atoms with Crippen molar-refractivity contribution in [2.75, 3.05) is 0 Å². The molecule has 3 heteroatoms. The fraction of sp³-hybridized carbons (Fsp3) is 0.400. The van der Waals surface area contributed by atoms with Crippen molar-refractivity contribution >= 4 is 0 Å². The predicted molar refractivity (Wildman–Crippen MR) is 72.4 cm³/mol. The van der Waals surface area contributed by atoms with Gasteiger partial charge in [0.2, 0.25) is 0 Å². The summed E-state index contributed by atoms with van der Waals surface area (Å²) >= 11 is 0. The number of hydrogen-bond acceptors (Lipinski definition) is 2. The zero-order chi connectivity index (χ0) is 13.0. The van der Waals surface area contributed by atoms with Crippen LogP contribution in [0.25, 0.3) is 0 Å². The Morgan fingerprint density at radius 1 is 1.33 bits per heavy atom. The summed E-state index contributed by atoms with van der Waals surface area (Å²) in [6, 6.07) is 8.50. The second-order valence-electron chi connectivity index (χ2n) is 4.74. The molecular formula is C15H20N2O. The van der Waals surface area contributed by atoms with Crippen molar-refractivity contribution in [3.05, 3.63) is 53.6 Å². The average Bonchev–Trinajstić information content (AvgIpc) is 2.80. The van der Waals surface area contributed by atoms with Crippen LogP contribution < -0.4 is 0 Å². The maximum atomic E-state index is 9.40. The van der Waals surface area contributed by atoms with Gasteiger partial charge < -0.3 is 9.67 Å². The van der Waals surface area contributed by atoms with Crippen molar-refractivity contribution in [1.29, 1.82) is 0 Å². The first-order valence-electron chi connectivity index (χ1n) is 6.41. The van der Waals surface area contributed by atoms with Gasteiger partial charge in [-0.25, -0.2) is 4.98 Å². The van der Waals surface area contributed by atoms with E-state index >= 15 is 0 Å². The Labute approximate surface area is 108 Å². The Morgan fingerprint density at radius 2 is 2.11 bits per heavy atom. The lowest BCUT2D eigenvalue weighted by atomic mass is 10.0. The first-order valence-corrected chi connectivity index (χ1v) is 6.41. The van der Waals surface area contributed by atoms with Crippen LogP contribution in [0.1, 0.15) is 36.3 Å². The largest absolute Gasteiger partial charge is 0.387 e. The molecule has 96 valence electrons. The van der Waals surface area contributed by atoms with E-state index in [9.17, 15) is 5.11 Å². The highest BCUT2D eigenvalue weighted by atomic mass is 16.3. The number of imidazole rings is 1. The van der Waals surface area contributed by atoms with Crippen molar-refractivity contribution in [1.82, 2.24) is 9.55 Å². The number of hydrogen-bond donors (Lipinski definition) is 1. The van der Waals surface area contributed by atoms with Gasteiger partial charge in [-0.2, -0.15) is 0 Å². The van der Waals surface area contributed by atoms with E-state index in [0.717, 1.165) is 25.1 Å². The van der Waals surface area contributed by atoms with Crippen LogP contribution in [0.2, 0.25) is 0 Å². The zero-order valence-electron chi connectivity index (χ0n) is 11.0. The van der Waals surface area contributed by atoms with Crippen LogP contribution in [0.15, 0.2) is 36.8 Å². The van der Waals surface area contributed by atoms with Crippen LogP contribution >= 0.6 is 0 Å². The van der Waals surface area contributed by atoms with Gasteiger partial charge in [0.25, 0.3) is 0 Å². The molecule has 3 nitrogen and oxygen atoms in total. The SMILES string of the molecule is Cc1ccccc1CCCn1cnc(C(C)O)c1. The van der Waals surface area contributed by atoms with Gasteiger partial charge in [-0.3, -0.25) is 0 Å². The summed E-state index contributed by atoms with van der Waals surface area (Å²) in [4.78, 5) is 4.17. The maximum absolute atomic E-state index is 9.40. The molecule has 1 unspecified atom stereocenters. The minimum atomic E-state index is -0.484. The molecule has 0 saturated carbocycles. The molecule has 0 aliphatic rings. The molecule has 0 radical (unpaired) electrons. The second kappa shape index (κ2) is 5.83. The first-order chi connectivity index (χ1) is 8.66. The normalized spacial score (nSPS) is 12.6. The standard InChI is InChI=1S/C15H20N2O/c1-12-6-3-4-7-14(12)8-5-9-17-10-15(13(2)18)16-11-17/h3-4,6-7,10-11,13,18H,5,8-9H2,1-2H3. The molecule has 0 saturated heterocycles. The zero-order valence-corrected chi connectivity index (χ0v) is 11.0. The van der Waals surface area contributed by atoms with Crippen LogP contribution in [0, 0.1) is 6.92 Å². The van der Waals surface area contributed by atoms with Gasteiger partial charge in [0, 0.05) is 12.7 Å². The number of nitrogens with zero attached hydrogens (tertiary/aromatic N) is 2. The van der Waals surface area contributed by atoms with E-state index in [-0.39, 0.29) is 0 Å². The molecular weight excluding hydrogens is 224 g/mol. The summed E-state index contributed by atoms with van der Waals surface area (Å²) in [6.07, 6.45) is 5.39. The molecule has 1 aromatic carbocycles. The second-order valence-corrected chi connectivity index (χ2v) is 4.74.